The Kier molecular flexibility index (Phi) is 3.45. The van der Waals surface area contributed by atoms with Gasteiger partial charge in [0.05, 0.1) is 5.69 Å². The highest BCUT2D eigenvalue weighted by atomic mass is 16.5. The van der Waals surface area contributed by atoms with Crippen molar-refractivity contribution in [3.8, 4) is 5.75 Å². The van der Waals surface area contributed by atoms with Crippen molar-refractivity contribution < 1.29 is 14.3 Å². The van der Waals surface area contributed by atoms with Crippen LogP contribution in [-0.2, 0) is 9.59 Å². The molecule has 0 saturated heterocycles. The van der Waals surface area contributed by atoms with Gasteiger partial charge in [-0.15, -0.1) is 0 Å². The molecular weight excluding hydrogens is 236 g/mol. The second-order valence-electron chi connectivity index (χ2n) is 3.97. The van der Waals surface area contributed by atoms with E-state index in [0.717, 1.165) is 5.56 Å². The lowest BCUT2D eigenvalue weighted by Gasteiger charge is -2.20. The Balaban J connectivity index is 2.17. The number of hydrogen-bond acceptors (Lipinski definition) is 5. The number of nitrogens with one attached hydrogen (secondary N) is 2. The summed E-state index contributed by atoms with van der Waals surface area (Å²) in [6.45, 7) is 0.00792. The van der Waals surface area contributed by atoms with Crippen molar-refractivity contribution in [3.05, 3.63) is 23.8 Å². The van der Waals surface area contributed by atoms with Gasteiger partial charge in [0.1, 0.15) is 5.75 Å². The van der Waals surface area contributed by atoms with E-state index >= 15 is 0 Å². The molecule has 0 aromatic heterocycles. The fraction of sp³-hybridized carbons (Fsp3) is 0.273. The number of hydrazine groups is 1. The first kappa shape index (κ1) is 12.3. The van der Waals surface area contributed by atoms with Crippen LogP contribution in [-0.4, -0.2) is 18.4 Å². The zero-order valence-corrected chi connectivity index (χ0v) is 9.60. The Morgan fingerprint density at radius 3 is 3.06 bits per heavy atom. The van der Waals surface area contributed by atoms with Crippen LogP contribution in [0.5, 0.6) is 5.75 Å². The Morgan fingerprint density at radius 2 is 2.33 bits per heavy atom. The first-order chi connectivity index (χ1) is 8.60. The first-order valence-corrected chi connectivity index (χ1v) is 5.42. The zero-order chi connectivity index (χ0) is 13.1. The highest BCUT2D eigenvalue weighted by Crippen LogP contribution is 2.30. The number of carbonyl (C=O) groups is 2. The van der Waals surface area contributed by atoms with Gasteiger partial charge in [0.25, 0.3) is 5.91 Å². The smallest absolute Gasteiger partial charge is 0.262 e. The molecule has 7 heteroatoms. The van der Waals surface area contributed by atoms with E-state index in [1.54, 1.807) is 18.2 Å². The number of rotatable bonds is 3. The highest BCUT2D eigenvalue weighted by Gasteiger charge is 2.18. The Bertz CT molecular complexity index is 489. The van der Waals surface area contributed by atoms with E-state index < -0.39 is 6.04 Å². The zero-order valence-electron chi connectivity index (χ0n) is 9.60. The maximum absolute atomic E-state index is 11.2. The van der Waals surface area contributed by atoms with E-state index in [2.05, 4.69) is 5.32 Å². The van der Waals surface area contributed by atoms with Gasteiger partial charge >= 0.3 is 0 Å². The van der Waals surface area contributed by atoms with Crippen LogP contribution in [0.15, 0.2) is 18.2 Å². The second kappa shape index (κ2) is 5.03. The molecular formula is C11H14N4O3. The lowest BCUT2D eigenvalue weighted by Crippen LogP contribution is -2.32. The summed E-state index contributed by atoms with van der Waals surface area (Å²) in [5, 5.41) is 2.68. The normalized spacial score (nSPS) is 15.1. The summed E-state index contributed by atoms with van der Waals surface area (Å²) >= 11 is 0. The van der Waals surface area contributed by atoms with E-state index in [-0.39, 0.29) is 24.8 Å². The molecule has 1 aromatic rings. The second-order valence-corrected chi connectivity index (χ2v) is 3.97. The Hall–Kier alpha value is -2.12. The molecule has 7 nitrogen and oxygen atoms in total. The fourth-order valence-electron chi connectivity index (χ4n) is 1.71. The van der Waals surface area contributed by atoms with Gasteiger partial charge in [-0.1, -0.05) is 6.07 Å². The standard InChI is InChI=1S/C11H14N4O3/c12-7(4-10(16)15-13)6-1-2-9-8(3-6)14-11(17)5-18-9/h1-3,7H,4-5,12-13H2,(H,14,17)(H,15,16). The molecule has 1 aliphatic heterocycles. The summed E-state index contributed by atoms with van der Waals surface area (Å²) < 4.78 is 5.22. The van der Waals surface area contributed by atoms with Crippen molar-refractivity contribution in [3.63, 3.8) is 0 Å². The number of anilines is 1. The summed E-state index contributed by atoms with van der Waals surface area (Å²) in [6, 6.07) is 4.67. The number of ether oxygens (including phenoxy) is 1. The Morgan fingerprint density at radius 1 is 1.56 bits per heavy atom. The predicted octanol–water partition coefficient (Wildman–Crippen LogP) is -0.603. The minimum atomic E-state index is -0.488. The van der Waals surface area contributed by atoms with Crippen molar-refractivity contribution >= 4 is 17.5 Å². The number of carbonyl (C=O) groups excluding carboxylic acids is 2. The molecule has 0 spiro atoms. The van der Waals surface area contributed by atoms with Crippen LogP contribution in [0.3, 0.4) is 0 Å². The lowest BCUT2D eigenvalue weighted by molar-refractivity contribution is -0.121. The topological polar surface area (TPSA) is 119 Å². The maximum Gasteiger partial charge on any atom is 0.262 e. The van der Waals surface area contributed by atoms with Gasteiger partial charge in [-0.05, 0) is 17.7 Å². The minimum Gasteiger partial charge on any atom is -0.482 e. The molecule has 6 N–H and O–H groups in total. The molecule has 96 valence electrons. The van der Waals surface area contributed by atoms with Crippen molar-refractivity contribution in [1.82, 2.24) is 5.43 Å². The third kappa shape index (κ3) is 2.58. The van der Waals surface area contributed by atoms with Crippen LogP contribution < -0.4 is 27.1 Å². The van der Waals surface area contributed by atoms with Crippen molar-refractivity contribution in [2.24, 2.45) is 11.6 Å². The minimum absolute atomic E-state index is 0.00792. The molecule has 0 saturated carbocycles. The number of hydrogen-bond donors (Lipinski definition) is 4. The molecule has 0 radical (unpaired) electrons. The van der Waals surface area contributed by atoms with E-state index in [0.29, 0.717) is 11.4 Å². The monoisotopic (exact) mass is 250 g/mol. The van der Waals surface area contributed by atoms with Gasteiger partial charge in [0.2, 0.25) is 5.91 Å². The number of benzene rings is 1. The molecule has 1 aromatic carbocycles. The quantitative estimate of drug-likeness (QED) is 0.324. The van der Waals surface area contributed by atoms with Gasteiger partial charge < -0.3 is 15.8 Å². The van der Waals surface area contributed by atoms with Gasteiger partial charge in [0, 0.05) is 12.5 Å². The van der Waals surface area contributed by atoms with Gasteiger partial charge in [-0.2, -0.15) is 0 Å². The largest absolute Gasteiger partial charge is 0.482 e. The fourth-order valence-corrected chi connectivity index (χ4v) is 1.71. The molecule has 1 aliphatic rings. The van der Waals surface area contributed by atoms with Crippen molar-refractivity contribution in [2.75, 3.05) is 11.9 Å². The first-order valence-electron chi connectivity index (χ1n) is 5.42. The molecule has 1 atom stereocenters. The number of amides is 2. The van der Waals surface area contributed by atoms with Crippen molar-refractivity contribution in [1.29, 1.82) is 0 Å². The summed E-state index contributed by atoms with van der Waals surface area (Å²) in [7, 11) is 0. The maximum atomic E-state index is 11.2. The summed E-state index contributed by atoms with van der Waals surface area (Å²) in [5.74, 6) is 5.03. The Labute approximate surface area is 103 Å². The predicted molar refractivity (Wildman–Crippen MR) is 64.4 cm³/mol. The molecule has 0 bridgehead atoms. The van der Waals surface area contributed by atoms with Crippen LogP contribution in [0, 0.1) is 0 Å². The number of nitrogens with two attached hydrogens (primary N) is 2. The number of fused-ring (bicyclic) bond motifs is 1. The van der Waals surface area contributed by atoms with Crippen LogP contribution in [0.25, 0.3) is 0 Å². The van der Waals surface area contributed by atoms with Crippen molar-refractivity contribution in [2.45, 2.75) is 12.5 Å². The average molecular weight is 250 g/mol. The molecule has 0 aliphatic carbocycles. The van der Waals surface area contributed by atoms with Crippen LogP contribution in [0.4, 0.5) is 5.69 Å². The van der Waals surface area contributed by atoms with E-state index in [9.17, 15) is 9.59 Å². The molecule has 2 rings (SSSR count). The van der Waals surface area contributed by atoms with E-state index in [1.807, 2.05) is 5.43 Å². The molecule has 2 amide bonds. The summed E-state index contributed by atoms with van der Waals surface area (Å²) in [4.78, 5) is 22.3. The third-order valence-corrected chi connectivity index (χ3v) is 2.63. The SMILES string of the molecule is NNC(=O)CC(N)c1ccc2c(c1)NC(=O)CO2. The molecule has 1 unspecified atom stereocenters. The van der Waals surface area contributed by atoms with E-state index in [4.69, 9.17) is 16.3 Å². The van der Waals surface area contributed by atoms with Crippen LogP contribution in [0.1, 0.15) is 18.0 Å². The third-order valence-electron chi connectivity index (χ3n) is 2.63. The van der Waals surface area contributed by atoms with Gasteiger partial charge in [-0.25, -0.2) is 5.84 Å². The van der Waals surface area contributed by atoms with Gasteiger partial charge in [-0.3, -0.25) is 15.0 Å². The summed E-state index contributed by atoms with van der Waals surface area (Å²) in [5.41, 5.74) is 9.18. The van der Waals surface area contributed by atoms with Crippen LogP contribution >= 0.6 is 0 Å². The lowest BCUT2D eigenvalue weighted by atomic mass is 10.0. The summed E-state index contributed by atoms with van der Waals surface area (Å²) in [6.07, 6.45) is 0.0735. The van der Waals surface area contributed by atoms with Gasteiger partial charge in [0.15, 0.2) is 6.61 Å². The van der Waals surface area contributed by atoms with Crippen LogP contribution in [0.2, 0.25) is 0 Å². The average Bonchev–Trinajstić information content (AvgIpc) is 2.37. The highest BCUT2D eigenvalue weighted by molar-refractivity contribution is 5.95. The molecule has 18 heavy (non-hydrogen) atoms. The molecule has 0 fully saturated rings. The molecule has 1 heterocycles. The van der Waals surface area contributed by atoms with E-state index in [1.165, 1.54) is 0 Å².